The summed E-state index contributed by atoms with van der Waals surface area (Å²) in [5.74, 6) is -2.91. The van der Waals surface area contributed by atoms with Crippen LogP contribution in [0.25, 0.3) is 0 Å². The van der Waals surface area contributed by atoms with Crippen LogP contribution in [0.4, 0.5) is 27.9 Å². The number of halogens is 5. The third-order valence-corrected chi connectivity index (χ3v) is 4.60. The molecular formula is C20H22F5N5O3. The van der Waals surface area contributed by atoms with Crippen LogP contribution in [0, 0.1) is 0 Å². The van der Waals surface area contributed by atoms with Crippen LogP contribution < -0.4 is 20.9 Å². The van der Waals surface area contributed by atoms with Gasteiger partial charge in [-0.05, 0) is 25.3 Å². The number of hydrogen-bond donors (Lipinski definition) is 3. The second-order valence-electron chi connectivity index (χ2n) is 6.64. The zero-order valence-electron chi connectivity index (χ0n) is 17.7. The second-order valence-corrected chi connectivity index (χ2v) is 6.64. The molecule has 0 spiro atoms. The van der Waals surface area contributed by atoms with Gasteiger partial charge in [0, 0.05) is 18.0 Å². The minimum atomic E-state index is -4.85. The summed E-state index contributed by atoms with van der Waals surface area (Å²) in [4.78, 5) is 30.5. The van der Waals surface area contributed by atoms with Gasteiger partial charge in [-0.25, -0.2) is 9.97 Å². The van der Waals surface area contributed by atoms with Crippen LogP contribution in [0.1, 0.15) is 49.0 Å². The van der Waals surface area contributed by atoms with Gasteiger partial charge in [0.2, 0.25) is 5.95 Å². The number of carbonyl (C=O) groups is 2. The van der Waals surface area contributed by atoms with Gasteiger partial charge < -0.3 is 10.1 Å². The Morgan fingerprint density at radius 1 is 1.06 bits per heavy atom. The molecule has 180 valence electrons. The van der Waals surface area contributed by atoms with E-state index in [0.29, 0.717) is 18.4 Å². The molecule has 8 nitrogen and oxygen atoms in total. The Morgan fingerprint density at radius 2 is 1.67 bits per heavy atom. The molecule has 1 aromatic heterocycles. The fourth-order valence-electron chi connectivity index (χ4n) is 3.04. The van der Waals surface area contributed by atoms with E-state index in [2.05, 4.69) is 20.0 Å². The molecule has 2 aromatic rings. The Bertz CT molecular complexity index is 950. The van der Waals surface area contributed by atoms with Gasteiger partial charge in [-0.1, -0.05) is 32.0 Å². The molecule has 1 heterocycles. The van der Waals surface area contributed by atoms with E-state index in [1.165, 1.54) is 23.6 Å². The highest BCUT2D eigenvalue weighted by atomic mass is 19.4. The van der Waals surface area contributed by atoms with Gasteiger partial charge >= 0.3 is 18.7 Å². The number of aromatic nitrogens is 2. The summed E-state index contributed by atoms with van der Waals surface area (Å²) in [5, 5.41) is 3.00. The van der Waals surface area contributed by atoms with Crippen molar-refractivity contribution in [3.8, 4) is 5.75 Å². The van der Waals surface area contributed by atoms with Crippen LogP contribution in [-0.4, -0.2) is 34.6 Å². The predicted octanol–water partition coefficient (Wildman–Crippen LogP) is 3.92. The van der Waals surface area contributed by atoms with E-state index in [9.17, 15) is 31.5 Å². The first-order valence-electron chi connectivity index (χ1n) is 9.93. The van der Waals surface area contributed by atoms with Gasteiger partial charge in [-0.15, -0.1) is 13.2 Å². The molecule has 2 amide bonds. The lowest BCUT2D eigenvalue weighted by atomic mass is 9.71. The molecule has 0 aliphatic heterocycles. The van der Waals surface area contributed by atoms with Crippen LogP contribution in [0.3, 0.4) is 0 Å². The fraction of sp³-hybridized carbons (Fsp3) is 0.400. The molecule has 1 aromatic carbocycles. The number of ether oxygens (including phenoxy) is 1. The maximum atomic E-state index is 12.8. The molecule has 33 heavy (non-hydrogen) atoms. The van der Waals surface area contributed by atoms with Gasteiger partial charge in [0.15, 0.2) is 0 Å². The Labute approximate surface area is 185 Å². The molecule has 1 fully saturated rings. The first kappa shape index (κ1) is 25.7. The molecular weight excluding hydrogens is 453 g/mol. The zero-order valence-corrected chi connectivity index (χ0v) is 17.7. The summed E-state index contributed by atoms with van der Waals surface area (Å²) in [5.41, 5.74) is 2.58. The molecule has 13 heteroatoms. The first-order chi connectivity index (χ1) is 15.6. The molecule has 3 N–H and O–H groups in total. The SMILES string of the molecule is CC.O=C(NNC(=O)C(F)F)c1cnc(NC2(c3ccccc3OC(F)(F)F)CCC2)nc1. The van der Waals surface area contributed by atoms with E-state index in [0.717, 1.165) is 18.8 Å². The summed E-state index contributed by atoms with van der Waals surface area (Å²) in [6, 6.07) is 5.74. The number of para-hydroxylation sites is 1. The van der Waals surface area contributed by atoms with Crippen LogP contribution in [-0.2, 0) is 10.3 Å². The topological polar surface area (TPSA) is 105 Å². The van der Waals surface area contributed by atoms with Crippen LogP contribution in [0.15, 0.2) is 36.7 Å². The average molecular weight is 475 g/mol. The number of nitrogens with one attached hydrogen (secondary N) is 3. The van der Waals surface area contributed by atoms with Crippen molar-refractivity contribution in [3.05, 3.63) is 47.8 Å². The highest BCUT2D eigenvalue weighted by Crippen LogP contribution is 2.47. The molecule has 1 aliphatic rings. The quantitative estimate of drug-likeness (QED) is 0.432. The molecule has 0 atom stereocenters. The van der Waals surface area contributed by atoms with Gasteiger partial charge in [-0.3, -0.25) is 20.4 Å². The third kappa shape index (κ3) is 6.73. The fourth-order valence-corrected chi connectivity index (χ4v) is 3.04. The number of hydrogen-bond acceptors (Lipinski definition) is 6. The smallest absolute Gasteiger partial charge is 0.405 e. The lowest BCUT2D eigenvalue weighted by Gasteiger charge is -2.43. The Balaban J connectivity index is 0.00000187. The molecule has 0 radical (unpaired) electrons. The van der Waals surface area contributed by atoms with E-state index in [1.807, 2.05) is 13.8 Å². The Kier molecular flexibility index (Phi) is 8.49. The van der Waals surface area contributed by atoms with E-state index < -0.39 is 30.1 Å². The maximum absolute atomic E-state index is 12.8. The van der Waals surface area contributed by atoms with Crippen LogP contribution in [0.5, 0.6) is 5.75 Å². The first-order valence-corrected chi connectivity index (χ1v) is 9.93. The maximum Gasteiger partial charge on any atom is 0.573 e. The van der Waals surface area contributed by atoms with Gasteiger partial charge in [-0.2, -0.15) is 8.78 Å². The Morgan fingerprint density at radius 3 is 2.18 bits per heavy atom. The summed E-state index contributed by atoms with van der Waals surface area (Å²) >= 11 is 0. The third-order valence-electron chi connectivity index (χ3n) is 4.60. The largest absolute Gasteiger partial charge is 0.573 e. The predicted molar refractivity (Wildman–Crippen MR) is 107 cm³/mol. The van der Waals surface area contributed by atoms with Gasteiger partial charge in [0.1, 0.15) is 5.75 Å². The van der Waals surface area contributed by atoms with Gasteiger partial charge in [0.25, 0.3) is 5.91 Å². The standard InChI is InChI=1S/C18H16F5N5O3.C2H6/c19-13(20)15(30)28-27-14(29)10-8-24-16(25-9-10)26-17(6-3-7-17)11-4-1-2-5-12(11)31-18(21,22)23;1-2/h1-2,4-5,8-9,13H,3,6-7H2,(H,27,29)(H,28,30)(H,24,25,26);1-2H3. The normalized spacial score (nSPS) is 14.3. The summed E-state index contributed by atoms with van der Waals surface area (Å²) < 4.78 is 66.7. The van der Waals surface area contributed by atoms with E-state index in [4.69, 9.17) is 0 Å². The van der Waals surface area contributed by atoms with Crippen molar-refractivity contribution in [2.75, 3.05) is 5.32 Å². The minimum absolute atomic E-state index is 0.0367. The molecule has 0 saturated heterocycles. The number of carbonyl (C=O) groups excluding carboxylic acids is 2. The summed E-state index contributed by atoms with van der Waals surface area (Å²) in [6.45, 7) is 4.00. The van der Waals surface area contributed by atoms with E-state index in [1.54, 1.807) is 11.5 Å². The molecule has 1 saturated carbocycles. The Hall–Kier alpha value is -3.51. The van der Waals surface area contributed by atoms with Crippen molar-refractivity contribution >= 4 is 17.8 Å². The minimum Gasteiger partial charge on any atom is -0.405 e. The number of nitrogens with zero attached hydrogens (tertiary/aromatic N) is 2. The summed E-state index contributed by atoms with van der Waals surface area (Å²) in [7, 11) is 0. The molecule has 1 aliphatic carbocycles. The monoisotopic (exact) mass is 475 g/mol. The van der Waals surface area contributed by atoms with Crippen molar-refractivity contribution in [1.29, 1.82) is 0 Å². The molecule has 0 bridgehead atoms. The van der Waals surface area contributed by atoms with E-state index in [-0.39, 0.29) is 17.3 Å². The highest BCUT2D eigenvalue weighted by molar-refractivity contribution is 5.95. The van der Waals surface area contributed by atoms with Crippen molar-refractivity contribution in [2.45, 2.75) is 51.4 Å². The number of alkyl halides is 5. The lowest BCUT2D eigenvalue weighted by Crippen LogP contribution is -2.44. The van der Waals surface area contributed by atoms with Crippen molar-refractivity contribution < 1.29 is 36.3 Å². The summed E-state index contributed by atoms with van der Waals surface area (Å²) in [6.07, 6.45) is -4.27. The average Bonchev–Trinajstić information content (AvgIpc) is 2.75. The van der Waals surface area contributed by atoms with Crippen molar-refractivity contribution in [3.63, 3.8) is 0 Å². The number of anilines is 1. The number of amides is 2. The lowest BCUT2D eigenvalue weighted by molar-refractivity contribution is -0.275. The zero-order chi connectivity index (χ0) is 24.6. The number of rotatable bonds is 6. The number of benzene rings is 1. The highest BCUT2D eigenvalue weighted by Gasteiger charge is 2.43. The van der Waals surface area contributed by atoms with Crippen molar-refractivity contribution in [1.82, 2.24) is 20.8 Å². The van der Waals surface area contributed by atoms with Crippen LogP contribution >= 0.6 is 0 Å². The van der Waals surface area contributed by atoms with Gasteiger partial charge in [0.05, 0.1) is 11.1 Å². The number of hydrazine groups is 1. The van der Waals surface area contributed by atoms with E-state index >= 15 is 0 Å². The van der Waals surface area contributed by atoms with Crippen LogP contribution in [0.2, 0.25) is 0 Å². The molecule has 3 rings (SSSR count). The second kappa shape index (κ2) is 10.9. The molecule has 0 unspecified atom stereocenters. The van der Waals surface area contributed by atoms with Crippen molar-refractivity contribution in [2.24, 2.45) is 0 Å².